The van der Waals surface area contributed by atoms with Crippen LogP contribution in [0.15, 0.2) is 67.2 Å². The van der Waals surface area contributed by atoms with Crippen LogP contribution >= 0.6 is 0 Å². The topological polar surface area (TPSA) is 82.0 Å². The number of aliphatic hydroxyl groups excluding tert-OH is 1. The Labute approximate surface area is 151 Å². The molecule has 0 fully saturated rings. The Morgan fingerprint density at radius 2 is 1.88 bits per heavy atom. The maximum absolute atomic E-state index is 10.5. The summed E-state index contributed by atoms with van der Waals surface area (Å²) < 4.78 is 0. The average molecular weight is 345 g/mol. The van der Waals surface area contributed by atoms with Gasteiger partial charge >= 0.3 is 0 Å². The average Bonchev–Trinajstić information content (AvgIpc) is 3.00. The number of aromatic hydroxyl groups is 1. The highest BCUT2D eigenvalue weighted by Crippen LogP contribution is 2.42. The van der Waals surface area contributed by atoms with E-state index in [1.165, 1.54) is 0 Å². The minimum atomic E-state index is -0.641. The summed E-state index contributed by atoms with van der Waals surface area (Å²) in [7, 11) is 0. The Morgan fingerprint density at radius 1 is 1.08 bits per heavy atom. The Kier molecular flexibility index (Phi) is 4.14. The summed E-state index contributed by atoms with van der Waals surface area (Å²) in [6, 6.07) is 7.23. The number of phenols is 1. The van der Waals surface area contributed by atoms with Crippen LogP contribution in [0.1, 0.15) is 17.2 Å². The molecule has 26 heavy (non-hydrogen) atoms. The predicted molar refractivity (Wildman–Crippen MR) is 101 cm³/mol. The first-order valence-corrected chi connectivity index (χ1v) is 8.47. The Balaban J connectivity index is 1.96. The first kappa shape index (κ1) is 16.3. The molecule has 4 rings (SSSR count). The first-order valence-electron chi connectivity index (χ1n) is 8.47. The van der Waals surface area contributed by atoms with Crippen LogP contribution < -0.4 is 0 Å². The van der Waals surface area contributed by atoms with Crippen molar-refractivity contribution in [3.63, 3.8) is 0 Å². The minimum Gasteiger partial charge on any atom is -0.507 e. The van der Waals surface area contributed by atoms with Gasteiger partial charge in [0.1, 0.15) is 11.4 Å². The number of aliphatic hydroxyl groups is 1. The number of nitrogens with one attached hydrogen (secondary N) is 1. The Hall–Kier alpha value is -3.18. The van der Waals surface area contributed by atoms with Crippen LogP contribution in [-0.2, 0) is 0 Å². The smallest absolute Gasteiger partial charge is 0.123 e. The lowest BCUT2D eigenvalue weighted by atomic mass is 9.88. The van der Waals surface area contributed by atoms with Gasteiger partial charge in [-0.3, -0.25) is 9.97 Å². The van der Waals surface area contributed by atoms with E-state index < -0.39 is 6.10 Å². The van der Waals surface area contributed by atoms with Crippen LogP contribution in [0.3, 0.4) is 0 Å². The van der Waals surface area contributed by atoms with Gasteiger partial charge in [-0.15, -0.1) is 0 Å². The second-order valence-electron chi connectivity index (χ2n) is 6.31. The van der Waals surface area contributed by atoms with Gasteiger partial charge in [0, 0.05) is 35.1 Å². The van der Waals surface area contributed by atoms with Gasteiger partial charge in [0.25, 0.3) is 0 Å². The van der Waals surface area contributed by atoms with Gasteiger partial charge in [-0.05, 0) is 18.6 Å². The van der Waals surface area contributed by atoms with Crippen LogP contribution in [0.4, 0.5) is 0 Å². The summed E-state index contributed by atoms with van der Waals surface area (Å²) >= 11 is 0. The van der Waals surface area contributed by atoms with Gasteiger partial charge in [0.2, 0.25) is 0 Å². The largest absolute Gasteiger partial charge is 0.507 e. The predicted octanol–water partition coefficient (Wildman–Crippen LogP) is 3.72. The van der Waals surface area contributed by atoms with Gasteiger partial charge in [0.05, 0.1) is 18.0 Å². The quantitative estimate of drug-likeness (QED) is 0.676. The monoisotopic (exact) mass is 345 g/mol. The maximum atomic E-state index is 10.5. The zero-order valence-electron chi connectivity index (χ0n) is 14.3. The number of H-pyrrole nitrogens is 1. The molecule has 0 aliphatic heterocycles. The molecule has 5 heteroatoms. The molecule has 0 spiro atoms. The van der Waals surface area contributed by atoms with Crippen molar-refractivity contribution in [3.8, 4) is 28.3 Å². The van der Waals surface area contributed by atoms with Crippen LogP contribution in [0.25, 0.3) is 22.5 Å². The standard InChI is InChI=1S/C21H19N3O2/c1-13-19(14-6-2-4-8-17(14)25)21(15-7-3-5-9-18(15)26)24-20(13)16-12-22-10-11-23-16/h2-12,15,18,24-26H,1H3. The fraction of sp³-hybridized carbons (Fsp3) is 0.143. The van der Waals surface area contributed by atoms with Crippen molar-refractivity contribution in [1.29, 1.82) is 0 Å². The molecule has 1 aliphatic rings. The van der Waals surface area contributed by atoms with Crippen molar-refractivity contribution < 1.29 is 10.2 Å². The van der Waals surface area contributed by atoms with Crippen molar-refractivity contribution in [3.05, 3.63) is 78.4 Å². The highest BCUT2D eigenvalue weighted by molar-refractivity contribution is 5.82. The number of aromatic nitrogens is 3. The van der Waals surface area contributed by atoms with E-state index >= 15 is 0 Å². The molecule has 2 aromatic heterocycles. The highest BCUT2D eigenvalue weighted by Gasteiger charge is 2.27. The molecular weight excluding hydrogens is 326 g/mol. The second kappa shape index (κ2) is 6.61. The summed E-state index contributed by atoms with van der Waals surface area (Å²) in [5.41, 5.74) is 4.96. The van der Waals surface area contributed by atoms with Crippen LogP contribution in [0.5, 0.6) is 5.75 Å². The number of para-hydroxylation sites is 1. The van der Waals surface area contributed by atoms with E-state index in [1.807, 2.05) is 37.3 Å². The summed E-state index contributed by atoms with van der Waals surface area (Å²) in [5.74, 6) is -0.0369. The molecule has 3 aromatic rings. The van der Waals surface area contributed by atoms with Gasteiger partial charge in [-0.2, -0.15) is 0 Å². The van der Waals surface area contributed by atoms with E-state index in [-0.39, 0.29) is 11.7 Å². The lowest BCUT2D eigenvalue weighted by Gasteiger charge is -2.20. The van der Waals surface area contributed by atoms with Crippen molar-refractivity contribution in [2.45, 2.75) is 18.9 Å². The molecule has 5 nitrogen and oxygen atoms in total. The number of benzene rings is 1. The number of nitrogens with zero attached hydrogens (tertiary/aromatic N) is 2. The molecule has 1 aliphatic carbocycles. The fourth-order valence-electron chi connectivity index (χ4n) is 3.45. The molecule has 3 N–H and O–H groups in total. The van der Waals surface area contributed by atoms with Gasteiger partial charge in [-0.1, -0.05) is 42.5 Å². The van der Waals surface area contributed by atoms with Gasteiger partial charge in [-0.25, -0.2) is 0 Å². The molecule has 0 bridgehead atoms. The summed E-state index contributed by atoms with van der Waals surface area (Å²) in [6.07, 6.45) is 11.8. The summed E-state index contributed by atoms with van der Waals surface area (Å²) in [5, 5.41) is 20.9. The molecule has 0 amide bonds. The minimum absolute atomic E-state index is 0.200. The molecule has 0 saturated carbocycles. The molecule has 0 saturated heterocycles. The van der Waals surface area contributed by atoms with Gasteiger partial charge in [0.15, 0.2) is 0 Å². The maximum Gasteiger partial charge on any atom is 0.123 e. The number of aromatic amines is 1. The van der Waals surface area contributed by atoms with Crippen LogP contribution in [-0.4, -0.2) is 31.3 Å². The van der Waals surface area contributed by atoms with E-state index in [0.29, 0.717) is 0 Å². The lowest BCUT2D eigenvalue weighted by Crippen LogP contribution is -2.17. The highest BCUT2D eigenvalue weighted by atomic mass is 16.3. The number of hydrogen-bond donors (Lipinski definition) is 3. The van der Waals surface area contributed by atoms with E-state index in [4.69, 9.17) is 0 Å². The molecule has 2 heterocycles. The molecule has 1 aromatic carbocycles. The fourth-order valence-corrected chi connectivity index (χ4v) is 3.45. The third kappa shape index (κ3) is 2.72. The number of hydrogen-bond acceptors (Lipinski definition) is 4. The number of phenolic OH excluding ortho intramolecular Hbond substituents is 1. The van der Waals surface area contributed by atoms with Crippen molar-refractivity contribution in [1.82, 2.24) is 15.0 Å². The van der Waals surface area contributed by atoms with Crippen LogP contribution in [0.2, 0.25) is 0 Å². The molecular formula is C21H19N3O2. The van der Waals surface area contributed by atoms with Crippen molar-refractivity contribution in [2.24, 2.45) is 0 Å². The van der Waals surface area contributed by atoms with E-state index in [0.717, 1.165) is 33.8 Å². The van der Waals surface area contributed by atoms with Gasteiger partial charge < -0.3 is 15.2 Å². The number of rotatable bonds is 3. The SMILES string of the molecule is Cc1c(-c2cnccn2)[nH]c(C2C=CC=CC2O)c1-c1ccccc1O. The zero-order chi connectivity index (χ0) is 18.1. The molecule has 130 valence electrons. The lowest BCUT2D eigenvalue weighted by molar-refractivity contribution is 0.204. The normalized spacial score (nSPS) is 19.0. The first-order chi connectivity index (χ1) is 12.7. The number of allylic oxidation sites excluding steroid dienone is 2. The summed E-state index contributed by atoms with van der Waals surface area (Å²) in [4.78, 5) is 12.0. The van der Waals surface area contributed by atoms with E-state index in [2.05, 4.69) is 15.0 Å². The van der Waals surface area contributed by atoms with Crippen molar-refractivity contribution in [2.75, 3.05) is 0 Å². The third-order valence-corrected chi connectivity index (χ3v) is 4.71. The zero-order valence-corrected chi connectivity index (χ0v) is 14.3. The Bertz CT molecular complexity index is 990. The molecule has 2 unspecified atom stereocenters. The summed E-state index contributed by atoms with van der Waals surface area (Å²) in [6.45, 7) is 1.99. The second-order valence-corrected chi connectivity index (χ2v) is 6.31. The molecule has 2 atom stereocenters. The van der Waals surface area contributed by atoms with E-state index in [9.17, 15) is 10.2 Å². The molecule has 0 radical (unpaired) electrons. The van der Waals surface area contributed by atoms with Crippen molar-refractivity contribution >= 4 is 0 Å². The van der Waals surface area contributed by atoms with E-state index in [1.54, 1.807) is 36.8 Å². The third-order valence-electron chi connectivity index (χ3n) is 4.71. The van der Waals surface area contributed by atoms with Crippen LogP contribution in [0, 0.1) is 6.92 Å². The Morgan fingerprint density at radius 3 is 2.62 bits per heavy atom.